The molecule has 8 heteroatoms. The molecular weight excluding hydrogens is 493 g/mol. The monoisotopic (exact) mass is 527 g/mol. The van der Waals surface area contributed by atoms with E-state index < -0.39 is 0 Å². The van der Waals surface area contributed by atoms with Crippen molar-refractivity contribution < 1.29 is 9.59 Å². The molecule has 2 heterocycles. The van der Waals surface area contributed by atoms with Crippen molar-refractivity contribution >= 4 is 41.8 Å². The normalized spacial score (nSPS) is 35.2. The number of hydrogen-bond acceptors (Lipinski definition) is 4. The Labute approximate surface area is 196 Å². The number of allylic oxidation sites excluding steroid dienone is 2. The van der Waals surface area contributed by atoms with E-state index in [1.54, 1.807) is 0 Å². The Bertz CT molecular complexity index is 707. The average Bonchev–Trinajstić information content (AvgIpc) is 3.06. The second-order valence-electron chi connectivity index (χ2n) is 9.36. The van der Waals surface area contributed by atoms with Crippen molar-refractivity contribution in [3.05, 3.63) is 12.2 Å². The molecule has 5 atom stereocenters. The third-order valence-electron chi connectivity index (χ3n) is 7.42. The Morgan fingerprint density at radius 1 is 1.10 bits per heavy atom. The fourth-order valence-electron chi connectivity index (χ4n) is 5.82. The number of hydrogen-bond donors (Lipinski definition) is 2. The summed E-state index contributed by atoms with van der Waals surface area (Å²) in [5.74, 6) is 1.85. The smallest absolute Gasteiger partial charge is 0.233 e. The fraction of sp³-hybridized carbons (Fsp3) is 0.773. The SMILES string of the molecule is CCNC(=NCC1CCN(C2CC2)C1)NCCN1C(=O)C2C3C=CC(C3)C2C1=O.I. The van der Waals surface area contributed by atoms with Gasteiger partial charge in [0.05, 0.1) is 11.8 Å². The zero-order chi connectivity index (χ0) is 20.0. The van der Waals surface area contributed by atoms with E-state index in [1.165, 1.54) is 37.3 Å². The van der Waals surface area contributed by atoms with Crippen LogP contribution >= 0.6 is 24.0 Å². The molecule has 0 aromatic rings. The summed E-state index contributed by atoms with van der Waals surface area (Å²) >= 11 is 0. The number of imide groups is 1. The van der Waals surface area contributed by atoms with Gasteiger partial charge in [-0.25, -0.2) is 0 Å². The maximum absolute atomic E-state index is 12.8. The van der Waals surface area contributed by atoms with Gasteiger partial charge in [-0.2, -0.15) is 0 Å². The van der Waals surface area contributed by atoms with Crippen LogP contribution in [0.3, 0.4) is 0 Å². The number of nitrogens with one attached hydrogen (secondary N) is 2. The lowest BCUT2D eigenvalue weighted by Crippen LogP contribution is -2.44. The van der Waals surface area contributed by atoms with E-state index in [0.29, 0.717) is 19.0 Å². The number of nitrogens with zero attached hydrogens (tertiary/aromatic N) is 3. The summed E-state index contributed by atoms with van der Waals surface area (Å²) in [7, 11) is 0. The molecule has 3 aliphatic carbocycles. The third kappa shape index (κ3) is 4.13. The highest BCUT2D eigenvalue weighted by Gasteiger charge is 2.58. The van der Waals surface area contributed by atoms with Gasteiger partial charge in [0.2, 0.25) is 11.8 Å². The van der Waals surface area contributed by atoms with Crippen molar-refractivity contribution in [2.24, 2.45) is 34.6 Å². The standard InChI is InChI=1S/C22H33N5O2.HI/c1-2-23-22(25-12-14-7-9-26(13-14)17-5-6-17)24-8-10-27-20(28)18-15-3-4-16(11-15)19(18)21(27)29;/h3-4,14-19H,2,5-13H2,1H3,(H2,23,24,25);1H. The lowest BCUT2D eigenvalue weighted by Gasteiger charge is -2.19. The molecule has 5 rings (SSSR count). The number of carbonyl (C=O) groups excluding carboxylic acids is 2. The molecule has 0 aromatic heterocycles. The Hall–Kier alpha value is -1.16. The average molecular weight is 527 g/mol. The van der Waals surface area contributed by atoms with Gasteiger partial charge in [0, 0.05) is 38.8 Å². The summed E-state index contributed by atoms with van der Waals surface area (Å²) in [4.78, 5) is 34.4. The van der Waals surface area contributed by atoms with Crippen molar-refractivity contribution in [3.63, 3.8) is 0 Å². The van der Waals surface area contributed by atoms with E-state index in [-0.39, 0.29) is 59.5 Å². The molecule has 0 spiro atoms. The quantitative estimate of drug-likeness (QED) is 0.172. The number of rotatable bonds is 7. The minimum Gasteiger partial charge on any atom is -0.357 e. The minimum atomic E-state index is -0.101. The highest BCUT2D eigenvalue weighted by Crippen LogP contribution is 2.52. The number of halogens is 1. The highest BCUT2D eigenvalue weighted by atomic mass is 127. The fourth-order valence-corrected chi connectivity index (χ4v) is 5.82. The predicted molar refractivity (Wildman–Crippen MR) is 127 cm³/mol. The van der Waals surface area contributed by atoms with Gasteiger partial charge in [-0.1, -0.05) is 12.2 Å². The van der Waals surface area contributed by atoms with E-state index in [0.717, 1.165) is 31.5 Å². The summed E-state index contributed by atoms with van der Waals surface area (Å²) in [6.07, 6.45) is 9.23. The van der Waals surface area contributed by atoms with Gasteiger partial charge >= 0.3 is 0 Å². The molecule has 2 bridgehead atoms. The zero-order valence-electron chi connectivity index (χ0n) is 17.8. The van der Waals surface area contributed by atoms with E-state index in [9.17, 15) is 9.59 Å². The topological polar surface area (TPSA) is 77.0 Å². The van der Waals surface area contributed by atoms with Crippen molar-refractivity contribution in [3.8, 4) is 0 Å². The first-order chi connectivity index (χ1) is 14.2. The number of guanidine groups is 1. The second kappa shape index (κ2) is 9.14. The van der Waals surface area contributed by atoms with Crippen LogP contribution in [0.4, 0.5) is 0 Å². The molecule has 30 heavy (non-hydrogen) atoms. The van der Waals surface area contributed by atoms with Crippen LogP contribution < -0.4 is 10.6 Å². The Morgan fingerprint density at radius 3 is 2.43 bits per heavy atom. The first kappa shape index (κ1) is 22.0. The van der Waals surface area contributed by atoms with Crippen LogP contribution in [0.2, 0.25) is 0 Å². The lowest BCUT2D eigenvalue weighted by atomic mass is 9.85. The van der Waals surface area contributed by atoms with Crippen LogP contribution in [0, 0.1) is 29.6 Å². The lowest BCUT2D eigenvalue weighted by molar-refractivity contribution is -0.140. The molecular formula is C22H34IN5O2. The van der Waals surface area contributed by atoms with Gasteiger partial charge in [-0.15, -0.1) is 24.0 Å². The first-order valence-corrected chi connectivity index (χ1v) is 11.5. The minimum absolute atomic E-state index is 0. The van der Waals surface area contributed by atoms with Gasteiger partial charge < -0.3 is 15.5 Å². The Morgan fingerprint density at radius 2 is 1.80 bits per heavy atom. The second-order valence-corrected chi connectivity index (χ2v) is 9.36. The maximum atomic E-state index is 12.8. The molecule has 5 unspecified atom stereocenters. The number of fused-ring (bicyclic) bond motifs is 5. The van der Waals surface area contributed by atoms with Crippen molar-refractivity contribution in [1.29, 1.82) is 0 Å². The molecule has 5 aliphatic rings. The van der Waals surface area contributed by atoms with Gasteiger partial charge in [-0.05, 0) is 56.9 Å². The summed E-state index contributed by atoms with van der Waals surface area (Å²) < 4.78 is 0. The van der Waals surface area contributed by atoms with Gasteiger partial charge in [0.15, 0.2) is 5.96 Å². The first-order valence-electron chi connectivity index (χ1n) is 11.5. The number of aliphatic imine (C=N–C) groups is 1. The van der Waals surface area contributed by atoms with Gasteiger partial charge in [0.1, 0.15) is 0 Å². The molecule has 2 saturated heterocycles. The summed E-state index contributed by atoms with van der Waals surface area (Å²) in [5, 5.41) is 6.62. The van der Waals surface area contributed by atoms with Crippen LogP contribution in [0.1, 0.15) is 32.6 Å². The van der Waals surface area contributed by atoms with Gasteiger partial charge in [-0.3, -0.25) is 19.5 Å². The van der Waals surface area contributed by atoms with Crippen LogP contribution in [0.5, 0.6) is 0 Å². The summed E-state index contributed by atoms with van der Waals surface area (Å²) in [5.41, 5.74) is 0. The van der Waals surface area contributed by atoms with E-state index >= 15 is 0 Å². The molecule has 2 amide bonds. The largest absolute Gasteiger partial charge is 0.357 e. The summed E-state index contributed by atoms with van der Waals surface area (Å²) in [6, 6.07) is 0.843. The van der Waals surface area contributed by atoms with Crippen molar-refractivity contribution in [2.45, 2.75) is 38.6 Å². The van der Waals surface area contributed by atoms with Crippen LogP contribution in [-0.2, 0) is 9.59 Å². The molecule has 2 aliphatic heterocycles. The third-order valence-corrected chi connectivity index (χ3v) is 7.42. The molecule has 166 valence electrons. The van der Waals surface area contributed by atoms with E-state index in [2.05, 4.69) is 34.6 Å². The Balaban J connectivity index is 0.00000218. The number of likely N-dealkylation sites (tertiary alicyclic amines) is 2. The van der Waals surface area contributed by atoms with E-state index in [1.807, 2.05) is 0 Å². The van der Waals surface area contributed by atoms with Crippen LogP contribution in [0.25, 0.3) is 0 Å². The molecule has 7 nitrogen and oxygen atoms in total. The molecule has 0 aromatic carbocycles. The summed E-state index contributed by atoms with van der Waals surface area (Å²) in [6.45, 7) is 7.04. The van der Waals surface area contributed by atoms with Crippen molar-refractivity contribution in [1.82, 2.24) is 20.4 Å². The van der Waals surface area contributed by atoms with E-state index in [4.69, 9.17) is 4.99 Å². The van der Waals surface area contributed by atoms with Crippen LogP contribution in [0.15, 0.2) is 17.1 Å². The molecule has 4 fully saturated rings. The number of carbonyl (C=O) groups is 2. The van der Waals surface area contributed by atoms with Crippen molar-refractivity contribution in [2.75, 3.05) is 39.3 Å². The number of amides is 2. The Kier molecular flexibility index (Phi) is 6.72. The zero-order valence-corrected chi connectivity index (χ0v) is 20.1. The maximum Gasteiger partial charge on any atom is 0.233 e. The molecule has 2 saturated carbocycles. The molecule has 2 N–H and O–H groups in total. The molecule has 0 radical (unpaired) electrons. The van der Waals surface area contributed by atoms with Crippen LogP contribution in [-0.4, -0.2) is 72.9 Å². The predicted octanol–water partition coefficient (Wildman–Crippen LogP) is 1.45. The highest BCUT2D eigenvalue weighted by molar-refractivity contribution is 14.0. The van der Waals surface area contributed by atoms with Gasteiger partial charge in [0.25, 0.3) is 0 Å².